The average Bonchev–Trinajstić information content (AvgIpc) is 3.57. The lowest BCUT2D eigenvalue weighted by atomic mass is 9.84. The summed E-state index contributed by atoms with van der Waals surface area (Å²) in [5.41, 5.74) is -2.80. The number of imidazole rings is 1. The van der Waals surface area contributed by atoms with Gasteiger partial charge in [0.15, 0.2) is 34.5 Å². The summed E-state index contributed by atoms with van der Waals surface area (Å²) in [7, 11) is 0. The van der Waals surface area contributed by atoms with E-state index in [1.165, 1.54) is 38.0 Å². The third-order valence-electron chi connectivity index (χ3n) is 7.38. The van der Waals surface area contributed by atoms with Crippen LogP contribution in [0.1, 0.15) is 63.0 Å². The number of nitrogens with one attached hydrogen (secondary N) is 1. The first-order chi connectivity index (χ1) is 17.7. The molecular weight excluding hydrogens is 481 g/mol. The average molecular weight is 512 g/mol. The molecule has 1 aliphatic carbocycles. The Balaban J connectivity index is 1.44. The molecule has 0 amide bonds. The molecule has 1 aromatic carbocycles. The van der Waals surface area contributed by atoms with E-state index in [9.17, 15) is 9.59 Å². The van der Waals surface area contributed by atoms with Gasteiger partial charge in [-0.1, -0.05) is 31.0 Å². The predicted molar refractivity (Wildman–Crippen MR) is 132 cm³/mol. The molecule has 196 valence electrons. The molecule has 0 unspecified atom stereocenters. The van der Waals surface area contributed by atoms with Crippen molar-refractivity contribution in [2.75, 3.05) is 11.9 Å². The van der Waals surface area contributed by atoms with Crippen LogP contribution in [0.2, 0.25) is 0 Å². The fourth-order valence-corrected chi connectivity index (χ4v) is 5.16. The first-order valence-corrected chi connectivity index (χ1v) is 12.4. The fraction of sp³-hybridized carbons (Fsp3) is 0.500. The normalized spacial score (nSPS) is 27.9. The summed E-state index contributed by atoms with van der Waals surface area (Å²) in [4.78, 5) is 37.7. The van der Waals surface area contributed by atoms with Crippen LogP contribution in [-0.4, -0.2) is 61.5 Å². The third kappa shape index (κ3) is 4.52. The van der Waals surface area contributed by atoms with Gasteiger partial charge in [-0.05, 0) is 38.8 Å². The van der Waals surface area contributed by atoms with Crippen molar-refractivity contribution in [3.63, 3.8) is 0 Å². The number of anilines is 1. The molecule has 1 saturated heterocycles. The maximum absolute atomic E-state index is 16.7. The van der Waals surface area contributed by atoms with E-state index in [0.29, 0.717) is 28.6 Å². The van der Waals surface area contributed by atoms with Crippen LogP contribution in [0.4, 0.5) is 10.2 Å². The van der Waals surface area contributed by atoms with Gasteiger partial charge in [0.1, 0.15) is 19.0 Å². The van der Waals surface area contributed by atoms with E-state index in [1.807, 2.05) is 0 Å². The highest BCUT2D eigenvalue weighted by Crippen LogP contribution is 2.51. The number of nitrogens with zero attached hydrogens (tertiary/aromatic N) is 4. The van der Waals surface area contributed by atoms with Crippen LogP contribution in [0.25, 0.3) is 11.2 Å². The molecule has 2 fully saturated rings. The molecule has 1 N–H and O–H groups in total. The van der Waals surface area contributed by atoms with Crippen molar-refractivity contribution in [3.05, 3.63) is 48.5 Å². The van der Waals surface area contributed by atoms with E-state index in [2.05, 4.69) is 20.3 Å². The minimum Gasteiger partial charge on any atom is -0.459 e. The molecule has 5 rings (SSSR count). The van der Waals surface area contributed by atoms with Gasteiger partial charge in [-0.3, -0.25) is 9.36 Å². The Morgan fingerprint density at radius 1 is 1.16 bits per heavy atom. The van der Waals surface area contributed by atoms with Gasteiger partial charge in [0, 0.05) is 13.0 Å². The zero-order chi connectivity index (χ0) is 26.2. The molecule has 1 aliphatic heterocycles. The number of rotatable bonds is 7. The van der Waals surface area contributed by atoms with E-state index in [-0.39, 0.29) is 6.61 Å². The lowest BCUT2D eigenvalue weighted by Crippen LogP contribution is -2.55. The van der Waals surface area contributed by atoms with Gasteiger partial charge >= 0.3 is 11.9 Å². The Morgan fingerprint density at radius 3 is 2.59 bits per heavy atom. The van der Waals surface area contributed by atoms with E-state index < -0.39 is 35.5 Å². The van der Waals surface area contributed by atoms with Gasteiger partial charge < -0.3 is 19.5 Å². The fourth-order valence-electron chi connectivity index (χ4n) is 5.16. The molecule has 3 aromatic rings. The van der Waals surface area contributed by atoms with E-state index in [1.54, 1.807) is 30.3 Å². The van der Waals surface area contributed by atoms with Gasteiger partial charge in [-0.25, -0.2) is 24.1 Å². The largest absolute Gasteiger partial charge is 0.459 e. The second kappa shape index (κ2) is 9.70. The van der Waals surface area contributed by atoms with Crippen LogP contribution in [0.5, 0.6) is 0 Å². The maximum Gasteiger partial charge on any atom is 0.338 e. The predicted octanol–water partition coefficient (Wildman–Crippen LogP) is 3.99. The number of esters is 2. The summed E-state index contributed by atoms with van der Waals surface area (Å²) >= 11 is 0. The van der Waals surface area contributed by atoms with Crippen molar-refractivity contribution >= 4 is 28.9 Å². The Hall–Kier alpha value is -3.60. The first-order valence-electron chi connectivity index (χ1n) is 12.4. The Kier molecular flexibility index (Phi) is 6.57. The number of halogens is 1. The van der Waals surface area contributed by atoms with Crippen LogP contribution in [0, 0.1) is 0 Å². The standard InChI is InChI=1S/C26H30FN5O5/c1-16(33)37-26(3)19(13-35-23(34)17-9-5-4-6-10-17)36-24(25(26,2)27)32-15-30-20-21(28-14-29-22(20)32)31-18-11-7-8-12-18/h4-6,9-10,14-15,18-19,24H,7-8,11-13H2,1-3H3,(H,28,29,31)/t19-,24-,25+,26-/m1/s1. The van der Waals surface area contributed by atoms with Crippen molar-refractivity contribution in [3.8, 4) is 0 Å². The molecular formula is C26H30FN5O5. The third-order valence-corrected chi connectivity index (χ3v) is 7.38. The van der Waals surface area contributed by atoms with Gasteiger partial charge in [-0.2, -0.15) is 0 Å². The molecule has 0 spiro atoms. The lowest BCUT2D eigenvalue weighted by Gasteiger charge is -2.36. The molecule has 4 atom stereocenters. The quantitative estimate of drug-likeness (QED) is 0.470. The van der Waals surface area contributed by atoms with Crippen LogP contribution in [-0.2, 0) is 19.0 Å². The number of aromatic nitrogens is 4. The highest BCUT2D eigenvalue weighted by Gasteiger charge is 2.66. The lowest BCUT2D eigenvalue weighted by molar-refractivity contribution is -0.175. The van der Waals surface area contributed by atoms with Crippen molar-refractivity contribution in [1.82, 2.24) is 19.5 Å². The summed E-state index contributed by atoms with van der Waals surface area (Å²) in [5.74, 6) is -0.706. The Morgan fingerprint density at radius 2 is 1.89 bits per heavy atom. The molecule has 2 aromatic heterocycles. The van der Waals surface area contributed by atoms with E-state index >= 15 is 4.39 Å². The zero-order valence-electron chi connectivity index (χ0n) is 21.0. The van der Waals surface area contributed by atoms with Crippen molar-refractivity contribution in [2.24, 2.45) is 0 Å². The molecule has 10 nitrogen and oxygen atoms in total. The monoisotopic (exact) mass is 511 g/mol. The number of carbonyl (C=O) groups excluding carboxylic acids is 2. The van der Waals surface area contributed by atoms with Crippen LogP contribution < -0.4 is 5.32 Å². The highest BCUT2D eigenvalue weighted by molar-refractivity contribution is 5.89. The number of fused-ring (bicyclic) bond motifs is 1. The molecule has 2 aliphatic rings. The highest BCUT2D eigenvalue weighted by atomic mass is 19.1. The zero-order valence-corrected chi connectivity index (χ0v) is 21.0. The molecule has 11 heteroatoms. The number of benzene rings is 1. The molecule has 0 radical (unpaired) electrons. The molecule has 0 bridgehead atoms. The Bertz CT molecular complexity index is 1290. The maximum atomic E-state index is 16.7. The van der Waals surface area contributed by atoms with Crippen molar-refractivity contribution in [2.45, 2.75) is 76.1 Å². The second-order valence-electron chi connectivity index (χ2n) is 9.89. The number of ether oxygens (including phenoxy) is 3. The summed E-state index contributed by atoms with van der Waals surface area (Å²) in [5, 5.41) is 3.42. The first kappa shape index (κ1) is 25.1. The van der Waals surface area contributed by atoms with Crippen molar-refractivity contribution < 1.29 is 28.2 Å². The topological polar surface area (TPSA) is 117 Å². The summed E-state index contributed by atoms with van der Waals surface area (Å²) in [6.07, 6.45) is 4.87. The Labute approximate surface area is 213 Å². The van der Waals surface area contributed by atoms with Crippen LogP contribution in [0.15, 0.2) is 43.0 Å². The summed E-state index contributed by atoms with van der Waals surface area (Å²) < 4.78 is 35.2. The number of alkyl halides is 1. The minimum atomic E-state index is -2.24. The smallest absolute Gasteiger partial charge is 0.338 e. The van der Waals surface area contributed by atoms with Crippen molar-refractivity contribution in [1.29, 1.82) is 0 Å². The van der Waals surface area contributed by atoms with E-state index in [4.69, 9.17) is 14.2 Å². The van der Waals surface area contributed by atoms with Crippen LogP contribution in [0.3, 0.4) is 0 Å². The second-order valence-corrected chi connectivity index (χ2v) is 9.89. The number of hydrogen-bond donors (Lipinski definition) is 1. The minimum absolute atomic E-state index is 0.299. The number of hydrogen-bond acceptors (Lipinski definition) is 9. The molecule has 37 heavy (non-hydrogen) atoms. The van der Waals surface area contributed by atoms with Crippen LogP contribution >= 0.6 is 0 Å². The van der Waals surface area contributed by atoms with Gasteiger partial charge in [0.05, 0.1) is 11.9 Å². The van der Waals surface area contributed by atoms with Gasteiger partial charge in [0.2, 0.25) is 0 Å². The summed E-state index contributed by atoms with van der Waals surface area (Å²) in [6, 6.07) is 8.72. The summed E-state index contributed by atoms with van der Waals surface area (Å²) in [6.45, 7) is 3.60. The molecule has 1 saturated carbocycles. The van der Waals surface area contributed by atoms with Gasteiger partial charge in [-0.15, -0.1) is 0 Å². The number of carbonyl (C=O) groups is 2. The SMILES string of the molecule is CC(=O)O[C@]1(C)[C@@H](COC(=O)c2ccccc2)O[C@@H](n2cnc3c(NC4CCCC4)ncnc32)[C@]1(C)F. The van der Waals surface area contributed by atoms with Gasteiger partial charge in [0.25, 0.3) is 0 Å². The van der Waals surface area contributed by atoms with E-state index in [0.717, 1.165) is 25.7 Å². The molecule has 3 heterocycles.